The van der Waals surface area contributed by atoms with Gasteiger partial charge in [0, 0.05) is 45.7 Å². The van der Waals surface area contributed by atoms with Gasteiger partial charge in [-0.2, -0.15) is 0 Å². The van der Waals surface area contributed by atoms with E-state index in [0.717, 1.165) is 65.7 Å². The lowest BCUT2D eigenvalue weighted by Crippen LogP contribution is -2.29. The fourth-order valence-corrected chi connectivity index (χ4v) is 8.99. The summed E-state index contributed by atoms with van der Waals surface area (Å²) < 4.78 is 4.08. The summed E-state index contributed by atoms with van der Waals surface area (Å²) in [5, 5.41) is 17.3. The number of amides is 4. The van der Waals surface area contributed by atoms with Gasteiger partial charge in [-0.25, -0.2) is 19.9 Å². The summed E-state index contributed by atoms with van der Waals surface area (Å²) in [6.45, 7) is 0.247. The Balaban J connectivity index is 0.000000129. The van der Waals surface area contributed by atoms with Crippen molar-refractivity contribution in [3.63, 3.8) is 0 Å². The van der Waals surface area contributed by atoms with Crippen molar-refractivity contribution in [2.75, 3.05) is 0 Å². The molecule has 4 aromatic heterocycles. The van der Waals surface area contributed by atoms with E-state index in [1.807, 2.05) is 93.1 Å². The fourth-order valence-electron chi connectivity index (χ4n) is 7.72. The van der Waals surface area contributed by atoms with Gasteiger partial charge < -0.3 is 5.11 Å². The molecule has 2 N–H and O–H groups in total. The Morgan fingerprint density at radius 3 is 1.46 bits per heavy atom. The van der Waals surface area contributed by atoms with E-state index in [1.54, 1.807) is 83.7 Å². The van der Waals surface area contributed by atoms with Crippen molar-refractivity contribution in [2.24, 2.45) is 0 Å². The van der Waals surface area contributed by atoms with Crippen molar-refractivity contribution >= 4 is 68.4 Å². The summed E-state index contributed by atoms with van der Waals surface area (Å²) in [5.74, 6) is -1.11. The van der Waals surface area contributed by atoms with E-state index < -0.39 is 0 Å². The maximum Gasteiger partial charge on any atom is 0.261 e. The molecule has 6 heterocycles. The number of aliphatic hydroxyl groups excluding tert-OH is 1. The molecule has 15 heteroatoms. The zero-order chi connectivity index (χ0) is 44.4. The lowest BCUT2D eigenvalue weighted by molar-refractivity contribution is 0.0641. The highest BCUT2D eigenvalue weighted by molar-refractivity contribution is 7.13. The Hall–Kier alpha value is -8.24. The van der Waals surface area contributed by atoms with Gasteiger partial charge in [0.2, 0.25) is 0 Å². The molecule has 0 fully saturated rings. The summed E-state index contributed by atoms with van der Waals surface area (Å²) in [6.07, 6.45) is 7.22. The van der Waals surface area contributed by atoms with Crippen LogP contribution in [0.2, 0.25) is 0 Å². The molecule has 13 nitrogen and oxygen atoms in total. The van der Waals surface area contributed by atoms with Crippen molar-refractivity contribution in [1.82, 2.24) is 39.3 Å². The van der Waals surface area contributed by atoms with Crippen molar-refractivity contribution in [3.05, 3.63) is 203 Å². The number of carbonyl (C=O) groups is 4. The number of imide groups is 2. The van der Waals surface area contributed by atoms with Gasteiger partial charge in [0.1, 0.15) is 22.7 Å². The average Bonchev–Trinajstić information content (AvgIpc) is 4.23. The van der Waals surface area contributed by atoms with Gasteiger partial charge in [-0.1, -0.05) is 60.7 Å². The van der Waals surface area contributed by atoms with Crippen molar-refractivity contribution in [2.45, 2.75) is 13.2 Å². The number of nitrogens with one attached hydrogen (secondary N) is 1. The number of hydrogen-bond acceptors (Lipinski definition) is 11. The fraction of sp³-hybridized carbons (Fsp3) is 0.0400. The van der Waals surface area contributed by atoms with Gasteiger partial charge in [0.05, 0.1) is 57.5 Å². The highest BCUT2D eigenvalue weighted by Gasteiger charge is 2.35. The Morgan fingerprint density at radius 2 is 0.985 bits per heavy atom. The molecular weight excluding hydrogens is 857 g/mol. The van der Waals surface area contributed by atoms with E-state index in [0.29, 0.717) is 22.3 Å². The molecule has 0 unspecified atom stereocenters. The summed E-state index contributed by atoms with van der Waals surface area (Å²) in [6, 6.07) is 41.8. The lowest BCUT2D eigenvalue weighted by atomic mass is 10.1. The number of rotatable bonds is 7. The van der Waals surface area contributed by atoms with Gasteiger partial charge in [-0.3, -0.25) is 38.5 Å². The first-order chi connectivity index (χ1) is 31.8. The Kier molecular flexibility index (Phi) is 11.0. The highest BCUT2D eigenvalue weighted by Crippen LogP contribution is 2.29. The van der Waals surface area contributed by atoms with Crippen molar-refractivity contribution < 1.29 is 24.3 Å². The van der Waals surface area contributed by atoms with Crippen LogP contribution in [0.15, 0.2) is 169 Å². The van der Waals surface area contributed by atoms with Crippen LogP contribution < -0.4 is 5.32 Å². The molecule has 12 rings (SSSR count). The SMILES string of the molecule is O=C1NC(=O)c2ccccc21.O=C1c2ccccc2C(=O)N1Cc1ccc2c(c1)ncn2-c1cccc(-c2nccs2)c1.OCc1ccc2c(c1)ncn2-c1cccc(-c2nccs2)c1. The molecule has 0 atom stereocenters. The molecule has 0 aliphatic carbocycles. The summed E-state index contributed by atoms with van der Waals surface area (Å²) in [7, 11) is 0. The summed E-state index contributed by atoms with van der Waals surface area (Å²) in [4.78, 5) is 66.3. The van der Waals surface area contributed by atoms with Crippen LogP contribution in [0.5, 0.6) is 0 Å². The van der Waals surface area contributed by atoms with Crippen LogP contribution in [0, 0.1) is 0 Å². The number of imidazole rings is 2. The molecule has 65 heavy (non-hydrogen) atoms. The molecule has 2 aliphatic heterocycles. The third-order valence-electron chi connectivity index (χ3n) is 10.9. The average molecular weight is 891 g/mol. The predicted molar refractivity (Wildman–Crippen MR) is 249 cm³/mol. The molecule has 316 valence electrons. The van der Waals surface area contributed by atoms with Gasteiger partial charge >= 0.3 is 0 Å². The predicted octanol–water partition coefficient (Wildman–Crippen LogP) is 9.16. The Bertz CT molecular complexity index is 3360. The third kappa shape index (κ3) is 8.02. The van der Waals surface area contributed by atoms with Crippen LogP contribution in [-0.2, 0) is 13.2 Å². The van der Waals surface area contributed by atoms with Gasteiger partial charge in [0.25, 0.3) is 23.6 Å². The highest BCUT2D eigenvalue weighted by atomic mass is 32.1. The second-order valence-corrected chi connectivity index (χ2v) is 16.7. The third-order valence-corrected chi connectivity index (χ3v) is 12.5. The minimum absolute atomic E-state index is 0.0301. The minimum atomic E-state index is -0.300. The van der Waals surface area contributed by atoms with Gasteiger partial charge in [-0.05, 0) is 83.9 Å². The largest absolute Gasteiger partial charge is 0.392 e. The van der Waals surface area contributed by atoms with Crippen LogP contribution in [0.3, 0.4) is 0 Å². The first kappa shape index (κ1) is 40.8. The van der Waals surface area contributed by atoms with Crippen LogP contribution in [0.1, 0.15) is 52.6 Å². The normalized spacial score (nSPS) is 12.7. The van der Waals surface area contributed by atoms with Crippen LogP contribution in [0.25, 0.3) is 54.6 Å². The van der Waals surface area contributed by atoms with E-state index in [4.69, 9.17) is 0 Å². The van der Waals surface area contributed by atoms with Crippen LogP contribution >= 0.6 is 22.7 Å². The quantitative estimate of drug-likeness (QED) is 0.149. The first-order valence-corrected chi connectivity index (χ1v) is 22.0. The number of benzene rings is 6. The second-order valence-electron chi connectivity index (χ2n) is 14.9. The number of hydrogen-bond donors (Lipinski definition) is 2. The number of carbonyl (C=O) groups excluding carboxylic acids is 4. The topological polar surface area (TPSA) is 165 Å². The summed E-state index contributed by atoms with van der Waals surface area (Å²) >= 11 is 3.23. The maximum absolute atomic E-state index is 12.7. The zero-order valence-electron chi connectivity index (χ0n) is 34.1. The lowest BCUT2D eigenvalue weighted by Gasteiger charge is -2.14. The molecule has 0 bridgehead atoms. The molecular formula is C50H34N8O5S2. The molecule has 0 saturated heterocycles. The number of aromatic nitrogens is 6. The smallest absolute Gasteiger partial charge is 0.261 e. The number of nitrogens with zero attached hydrogens (tertiary/aromatic N) is 7. The van der Waals surface area contributed by atoms with E-state index in [-0.39, 0.29) is 36.8 Å². The number of thiazole rings is 2. The first-order valence-electron chi connectivity index (χ1n) is 20.3. The van der Waals surface area contributed by atoms with Crippen LogP contribution in [0.4, 0.5) is 0 Å². The molecule has 6 aromatic carbocycles. The standard InChI is InChI=1S/C25H16N4O2S.C17H13N3OS.C8H5NO2/c30-24-19-6-1-2-7-20(19)25(31)28(24)14-16-8-9-22-21(12-16)27-15-29(22)18-5-3-4-17(13-18)23-26-10-11-32-23;21-10-12-4-5-16-15(8-12)19-11-20(16)14-3-1-2-13(9-14)17-18-6-7-22-17;10-7-5-3-1-2-4-6(5)8(11)9-7/h1-13,15H,14H2;1-9,11,21H,10H2;1-4H,(H,9,10,11). The molecule has 10 aromatic rings. The zero-order valence-corrected chi connectivity index (χ0v) is 35.7. The monoisotopic (exact) mass is 890 g/mol. The maximum atomic E-state index is 12.7. The van der Waals surface area contributed by atoms with E-state index in [9.17, 15) is 24.3 Å². The van der Waals surface area contributed by atoms with Crippen molar-refractivity contribution in [3.8, 4) is 32.5 Å². The molecule has 2 aliphatic rings. The molecule has 4 amide bonds. The molecule has 0 radical (unpaired) electrons. The Labute approximate surface area is 378 Å². The van der Waals surface area contributed by atoms with E-state index in [2.05, 4.69) is 49.5 Å². The van der Waals surface area contributed by atoms with Gasteiger partial charge in [0.15, 0.2) is 0 Å². The number of aliphatic hydroxyl groups is 1. The molecule has 0 spiro atoms. The molecule has 0 saturated carbocycles. The minimum Gasteiger partial charge on any atom is -0.392 e. The summed E-state index contributed by atoms with van der Waals surface area (Å²) in [5.41, 5.74) is 11.4. The van der Waals surface area contributed by atoms with Crippen molar-refractivity contribution in [1.29, 1.82) is 0 Å². The number of fused-ring (bicyclic) bond motifs is 4. The van der Waals surface area contributed by atoms with E-state index in [1.165, 1.54) is 4.90 Å². The second kappa shape index (κ2) is 17.5. The Morgan fingerprint density at radius 1 is 0.508 bits per heavy atom. The van der Waals surface area contributed by atoms with E-state index >= 15 is 0 Å². The van der Waals surface area contributed by atoms with Crippen LogP contribution in [-0.4, -0.2) is 62.7 Å². The van der Waals surface area contributed by atoms with Gasteiger partial charge in [-0.15, -0.1) is 22.7 Å².